The fourth-order valence-electron chi connectivity index (χ4n) is 2.06. The standard InChI is InChI=1S/C12H15N3O2/c1-14(2)6-7-15-9-4-3-5-13-10(9)11-12(15)17-8-16-11/h3-5H,6-8H2,1-2H3. The van der Waals surface area contributed by atoms with E-state index >= 15 is 0 Å². The maximum atomic E-state index is 5.53. The molecule has 0 radical (unpaired) electrons. The summed E-state index contributed by atoms with van der Waals surface area (Å²) < 4.78 is 13.1. The summed E-state index contributed by atoms with van der Waals surface area (Å²) in [6, 6.07) is 3.98. The molecule has 2 aromatic heterocycles. The quantitative estimate of drug-likeness (QED) is 0.801. The molecule has 0 spiro atoms. The summed E-state index contributed by atoms with van der Waals surface area (Å²) in [5.74, 6) is 1.58. The summed E-state index contributed by atoms with van der Waals surface area (Å²) in [4.78, 5) is 6.50. The Hall–Kier alpha value is -1.75. The van der Waals surface area contributed by atoms with Gasteiger partial charge in [-0.3, -0.25) is 4.98 Å². The highest BCUT2D eigenvalue weighted by Crippen LogP contribution is 2.41. The lowest BCUT2D eigenvalue weighted by molar-refractivity contribution is 0.166. The molecule has 1 aliphatic heterocycles. The number of ether oxygens (including phenoxy) is 2. The van der Waals surface area contributed by atoms with Crippen LogP contribution in [0.2, 0.25) is 0 Å². The molecule has 2 aromatic rings. The van der Waals surface area contributed by atoms with Gasteiger partial charge in [-0.2, -0.15) is 0 Å². The van der Waals surface area contributed by atoms with Gasteiger partial charge in [0.15, 0.2) is 0 Å². The summed E-state index contributed by atoms with van der Waals surface area (Å²) in [6.07, 6.45) is 1.78. The molecule has 5 nitrogen and oxygen atoms in total. The van der Waals surface area contributed by atoms with Crippen LogP contribution in [0, 0.1) is 0 Å². The molecule has 3 heterocycles. The van der Waals surface area contributed by atoms with Gasteiger partial charge < -0.3 is 18.9 Å². The van der Waals surface area contributed by atoms with Gasteiger partial charge in [-0.1, -0.05) is 0 Å². The van der Waals surface area contributed by atoms with E-state index in [0.717, 1.165) is 35.8 Å². The van der Waals surface area contributed by atoms with E-state index in [4.69, 9.17) is 9.47 Å². The molecular formula is C12H15N3O2. The van der Waals surface area contributed by atoms with Gasteiger partial charge in [0.1, 0.15) is 5.52 Å². The van der Waals surface area contributed by atoms with Crippen LogP contribution in [0.3, 0.4) is 0 Å². The highest BCUT2D eigenvalue weighted by molar-refractivity contribution is 5.86. The number of nitrogens with zero attached hydrogens (tertiary/aromatic N) is 3. The van der Waals surface area contributed by atoms with E-state index in [1.807, 2.05) is 12.1 Å². The zero-order valence-electron chi connectivity index (χ0n) is 10.0. The molecule has 17 heavy (non-hydrogen) atoms. The molecule has 0 bridgehead atoms. The number of aromatic nitrogens is 2. The van der Waals surface area contributed by atoms with Crippen molar-refractivity contribution in [2.45, 2.75) is 6.54 Å². The molecule has 90 valence electrons. The molecule has 0 fully saturated rings. The van der Waals surface area contributed by atoms with E-state index < -0.39 is 0 Å². The molecule has 0 saturated heterocycles. The van der Waals surface area contributed by atoms with Gasteiger partial charge in [-0.15, -0.1) is 0 Å². The van der Waals surface area contributed by atoms with Crippen LogP contribution in [-0.4, -0.2) is 41.9 Å². The van der Waals surface area contributed by atoms with Crippen LogP contribution in [0.25, 0.3) is 11.0 Å². The van der Waals surface area contributed by atoms with Gasteiger partial charge >= 0.3 is 0 Å². The monoisotopic (exact) mass is 233 g/mol. The van der Waals surface area contributed by atoms with Crippen molar-refractivity contribution >= 4 is 11.0 Å². The van der Waals surface area contributed by atoms with Gasteiger partial charge in [0.05, 0.1) is 5.52 Å². The minimum Gasteiger partial charge on any atom is -0.449 e. The Kier molecular flexibility index (Phi) is 2.40. The second-order valence-corrected chi connectivity index (χ2v) is 4.37. The Morgan fingerprint density at radius 1 is 1.41 bits per heavy atom. The molecule has 0 unspecified atom stereocenters. The van der Waals surface area contributed by atoms with Crippen LogP contribution in [-0.2, 0) is 6.54 Å². The van der Waals surface area contributed by atoms with Gasteiger partial charge in [0.25, 0.3) is 0 Å². The predicted molar refractivity (Wildman–Crippen MR) is 64.4 cm³/mol. The van der Waals surface area contributed by atoms with Crippen molar-refractivity contribution in [3.8, 4) is 11.6 Å². The number of hydrogen-bond donors (Lipinski definition) is 0. The maximum absolute atomic E-state index is 5.53. The fourth-order valence-corrected chi connectivity index (χ4v) is 2.06. The molecule has 5 heteroatoms. The topological polar surface area (TPSA) is 39.5 Å². The van der Waals surface area contributed by atoms with E-state index in [0.29, 0.717) is 6.79 Å². The zero-order valence-corrected chi connectivity index (χ0v) is 10.0. The van der Waals surface area contributed by atoms with Gasteiger partial charge in [0.2, 0.25) is 18.4 Å². The van der Waals surface area contributed by atoms with Crippen LogP contribution < -0.4 is 9.47 Å². The minimum absolute atomic E-state index is 0.291. The third-order valence-corrected chi connectivity index (χ3v) is 2.90. The van der Waals surface area contributed by atoms with Gasteiger partial charge in [0, 0.05) is 19.3 Å². The van der Waals surface area contributed by atoms with E-state index in [-0.39, 0.29) is 0 Å². The second-order valence-electron chi connectivity index (χ2n) is 4.37. The van der Waals surface area contributed by atoms with Crippen molar-refractivity contribution in [3.05, 3.63) is 18.3 Å². The Labute approximate surface area is 99.6 Å². The van der Waals surface area contributed by atoms with E-state index in [9.17, 15) is 0 Å². The first-order chi connectivity index (χ1) is 8.27. The largest absolute Gasteiger partial charge is 0.449 e. The first-order valence-corrected chi connectivity index (χ1v) is 5.65. The molecule has 1 aliphatic rings. The maximum Gasteiger partial charge on any atom is 0.243 e. The SMILES string of the molecule is CN(C)CCn1c2c(c3ncccc31)OCO2. The minimum atomic E-state index is 0.291. The summed E-state index contributed by atoms with van der Waals surface area (Å²) >= 11 is 0. The van der Waals surface area contributed by atoms with Crippen molar-refractivity contribution in [1.82, 2.24) is 14.5 Å². The smallest absolute Gasteiger partial charge is 0.243 e. The Balaban J connectivity index is 2.09. The molecule has 0 aliphatic carbocycles. The molecule has 0 saturated carbocycles. The van der Waals surface area contributed by atoms with Crippen molar-refractivity contribution in [1.29, 1.82) is 0 Å². The van der Waals surface area contributed by atoms with Crippen LogP contribution in [0.1, 0.15) is 0 Å². The molecule has 0 N–H and O–H groups in total. The molecule has 3 rings (SSSR count). The number of rotatable bonds is 3. The van der Waals surface area contributed by atoms with Gasteiger partial charge in [-0.25, -0.2) is 0 Å². The normalized spacial score (nSPS) is 13.8. The van der Waals surface area contributed by atoms with E-state index in [1.54, 1.807) is 6.20 Å². The first-order valence-electron chi connectivity index (χ1n) is 5.65. The van der Waals surface area contributed by atoms with E-state index in [1.165, 1.54) is 0 Å². The van der Waals surface area contributed by atoms with Crippen LogP contribution >= 0.6 is 0 Å². The number of likely N-dealkylation sites (N-methyl/N-ethyl adjacent to an activating group) is 1. The Morgan fingerprint density at radius 3 is 3.12 bits per heavy atom. The lowest BCUT2D eigenvalue weighted by Gasteiger charge is -2.12. The number of fused-ring (bicyclic) bond motifs is 3. The summed E-state index contributed by atoms with van der Waals surface area (Å²) in [5, 5.41) is 0. The molecular weight excluding hydrogens is 218 g/mol. The van der Waals surface area contributed by atoms with E-state index in [2.05, 4.69) is 28.5 Å². The lowest BCUT2D eigenvalue weighted by atomic mass is 10.4. The second kappa shape index (κ2) is 3.92. The van der Waals surface area contributed by atoms with Crippen molar-refractivity contribution in [2.75, 3.05) is 27.4 Å². The number of hydrogen-bond acceptors (Lipinski definition) is 4. The summed E-state index contributed by atoms with van der Waals surface area (Å²) in [7, 11) is 4.11. The Morgan fingerprint density at radius 2 is 2.29 bits per heavy atom. The highest BCUT2D eigenvalue weighted by atomic mass is 16.7. The first kappa shape index (κ1) is 10.4. The number of pyridine rings is 1. The predicted octanol–water partition coefficient (Wildman–Crippen LogP) is 1.33. The summed E-state index contributed by atoms with van der Waals surface area (Å²) in [6.45, 7) is 2.11. The van der Waals surface area contributed by atoms with Gasteiger partial charge in [-0.05, 0) is 26.2 Å². The molecule has 0 aromatic carbocycles. The van der Waals surface area contributed by atoms with Crippen LogP contribution in [0.4, 0.5) is 0 Å². The third kappa shape index (κ3) is 1.63. The van der Waals surface area contributed by atoms with Crippen molar-refractivity contribution in [2.24, 2.45) is 0 Å². The Bertz CT molecular complexity index is 548. The fraction of sp³-hybridized carbons (Fsp3) is 0.417. The van der Waals surface area contributed by atoms with Crippen LogP contribution in [0.15, 0.2) is 18.3 Å². The zero-order chi connectivity index (χ0) is 11.8. The molecule has 0 amide bonds. The highest BCUT2D eigenvalue weighted by Gasteiger charge is 2.25. The molecule has 0 atom stereocenters. The third-order valence-electron chi connectivity index (χ3n) is 2.90. The van der Waals surface area contributed by atoms with Crippen LogP contribution in [0.5, 0.6) is 11.6 Å². The average molecular weight is 233 g/mol. The lowest BCUT2D eigenvalue weighted by Crippen LogP contribution is -2.18. The van der Waals surface area contributed by atoms with Crippen molar-refractivity contribution < 1.29 is 9.47 Å². The summed E-state index contributed by atoms with van der Waals surface area (Å²) in [5.41, 5.74) is 1.96. The van der Waals surface area contributed by atoms with Crippen molar-refractivity contribution in [3.63, 3.8) is 0 Å². The average Bonchev–Trinajstić information content (AvgIpc) is 2.87.